The number of hydrogen-bond acceptors (Lipinski definition) is 5. The van der Waals surface area contributed by atoms with E-state index in [0.717, 1.165) is 29.4 Å². The fourth-order valence-corrected chi connectivity index (χ4v) is 3.17. The van der Waals surface area contributed by atoms with Gasteiger partial charge in [-0.2, -0.15) is 0 Å². The molecule has 2 N–H and O–H groups in total. The van der Waals surface area contributed by atoms with E-state index in [1.54, 1.807) is 17.8 Å². The maximum atomic E-state index is 12.6. The summed E-state index contributed by atoms with van der Waals surface area (Å²) in [5.74, 6) is -1.17. The SMILES string of the molecule is Cc1c(C(=O)NC(CC2CC2)C(=O)O)nnn1-c1cccc2ncccc12. The van der Waals surface area contributed by atoms with E-state index < -0.39 is 17.9 Å². The van der Waals surface area contributed by atoms with Crippen LogP contribution >= 0.6 is 0 Å². The third kappa shape index (κ3) is 3.38. The molecule has 0 aliphatic heterocycles. The molecule has 27 heavy (non-hydrogen) atoms. The lowest BCUT2D eigenvalue weighted by molar-refractivity contribution is -0.139. The highest BCUT2D eigenvalue weighted by Gasteiger charge is 2.31. The zero-order valence-electron chi connectivity index (χ0n) is 14.8. The largest absolute Gasteiger partial charge is 0.480 e. The van der Waals surface area contributed by atoms with Crippen molar-refractivity contribution in [1.82, 2.24) is 25.3 Å². The number of carboxylic acids is 1. The summed E-state index contributed by atoms with van der Waals surface area (Å²) in [6, 6.07) is 8.49. The van der Waals surface area contributed by atoms with E-state index in [4.69, 9.17) is 0 Å². The number of fused-ring (bicyclic) bond motifs is 1. The number of benzene rings is 1. The normalized spacial score (nSPS) is 14.9. The van der Waals surface area contributed by atoms with Gasteiger partial charge in [0, 0.05) is 11.6 Å². The van der Waals surface area contributed by atoms with Gasteiger partial charge in [0.1, 0.15) is 6.04 Å². The predicted molar refractivity (Wildman–Crippen MR) is 97.6 cm³/mol. The number of nitrogens with zero attached hydrogens (tertiary/aromatic N) is 4. The van der Waals surface area contributed by atoms with Crippen LogP contribution in [0.2, 0.25) is 0 Å². The van der Waals surface area contributed by atoms with Crippen molar-refractivity contribution < 1.29 is 14.7 Å². The second-order valence-corrected chi connectivity index (χ2v) is 6.83. The van der Waals surface area contributed by atoms with Gasteiger partial charge >= 0.3 is 5.97 Å². The maximum absolute atomic E-state index is 12.6. The second-order valence-electron chi connectivity index (χ2n) is 6.83. The summed E-state index contributed by atoms with van der Waals surface area (Å²) < 4.78 is 1.58. The molecule has 1 aliphatic carbocycles. The van der Waals surface area contributed by atoms with Crippen molar-refractivity contribution in [3.8, 4) is 5.69 Å². The van der Waals surface area contributed by atoms with Gasteiger partial charge in [0.05, 0.1) is 16.9 Å². The number of carboxylic acid groups (broad SMARTS) is 1. The minimum atomic E-state index is -1.03. The highest BCUT2D eigenvalue weighted by molar-refractivity contribution is 5.96. The first-order valence-electron chi connectivity index (χ1n) is 8.84. The zero-order valence-corrected chi connectivity index (χ0v) is 14.8. The Morgan fingerprint density at radius 1 is 1.30 bits per heavy atom. The highest BCUT2D eigenvalue weighted by atomic mass is 16.4. The van der Waals surface area contributed by atoms with E-state index in [9.17, 15) is 14.7 Å². The molecule has 1 aliphatic rings. The van der Waals surface area contributed by atoms with Gasteiger partial charge in [0.15, 0.2) is 5.69 Å². The average Bonchev–Trinajstić information content (AvgIpc) is 3.40. The molecule has 1 atom stereocenters. The van der Waals surface area contributed by atoms with Crippen LogP contribution in [0.4, 0.5) is 0 Å². The minimum absolute atomic E-state index is 0.123. The number of pyridine rings is 1. The molecule has 1 amide bonds. The summed E-state index contributed by atoms with van der Waals surface area (Å²) in [4.78, 5) is 28.3. The second kappa shape index (κ2) is 6.79. The molecular formula is C19H19N5O3. The summed E-state index contributed by atoms with van der Waals surface area (Å²) in [6.07, 6.45) is 4.20. The molecule has 138 valence electrons. The molecule has 3 aromatic rings. The fraction of sp³-hybridized carbons (Fsp3) is 0.316. The molecule has 1 fully saturated rings. The predicted octanol–water partition coefficient (Wildman–Crippen LogP) is 2.11. The Labute approximate surface area is 155 Å². The maximum Gasteiger partial charge on any atom is 0.326 e. The lowest BCUT2D eigenvalue weighted by Gasteiger charge is -2.13. The number of hydrogen-bond donors (Lipinski definition) is 2. The van der Waals surface area contributed by atoms with Gasteiger partial charge in [-0.3, -0.25) is 9.78 Å². The summed E-state index contributed by atoms with van der Waals surface area (Å²) in [6.45, 7) is 1.74. The molecule has 0 spiro atoms. The van der Waals surface area contributed by atoms with Gasteiger partial charge in [-0.25, -0.2) is 9.48 Å². The topological polar surface area (TPSA) is 110 Å². The van der Waals surface area contributed by atoms with Crippen LogP contribution in [0.25, 0.3) is 16.6 Å². The van der Waals surface area contributed by atoms with E-state index in [1.165, 1.54) is 0 Å². The van der Waals surface area contributed by atoms with Crippen LogP contribution in [-0.4, -0.2) is 43.0 Å². The quantitative estimate of drug-likeness (QED) is 0.692. The number of carbonyl (C=O) groups is 2. The van der Waals surface area contributed by atoms with E-state index in [1.807, 2.05) is 30.3 Å². The van der Waals surface area contributed by atoms with Gasteiger partial charge in [-0.05, 0) is 43.5 Å². The zero-order chi connectivity index (χ0) is 19.0. The van der Waals surface area contributed by atoms with Crippen LogP contribution in [0.1, 0.15) is 35.4 Å². The van der Waals surface area contributed by atoms with E-state index in [2.05, 4.69) is 20.6 Å². The van der Waals surface area contributed by atoms with Gasteiger partial charge in [-0.15, -0.1) is 5.10 Å². The first-order valence-corrected chi connectivity index (χ1v) is 8.84. The summed E-state index contributed by atoms with van der Waals surface area (Å²) in [5.41, 5.74) is 2.24. The fourth-order valence-electron chi connectivity index (χ4n) is 3.17. The van der Waals surface area contributed by atoms with Crippen molar-refractivity contribution >= 4 is 22.8 Å². The molecule has 1 saturated carbocycles. The first kappa shape index (κ1) is 17.1. The molecule has 1 aromatic carbocycles. The van der Waals surface area contributed by atoms with Gasteiger partial charge in [-0.1, -0.05) is 24.1 Å². The van der Waals surface area contributed by atoms with Crippen molar-refractivity contribution in [3.63, 3.8) is 0 Å². The number of nitrogens with one attached hydrogen (secondary N) is 1. The number of amides is 1. The van der Waals surface area contributed by atoms with Crippen molar-refractivity contribution in [2.45, 2.75) is 32.2 Å². The molecule has 2 heterocycles. The van der Waals surface area contributed by atoms with Gasteiger partial charge in [0.2, 0.25) is 0 Å². The van der Waals surface area contributed by atoms with Crippen LogP contribution in [0.5, 0.6) is 0 Å². The number of rotatable bonds is 6. The molecule has 8 heteroatoms. The molecule has 1 unspecified atom stereocenters. The highest BCUT2D eigenvalue weighted by Crippen LogP contribution is 2.33. The number of aromatic nitrogens is 4. The Morgan fingerprint density at radius 2 is 2.11 bits per heavy atom. The van der Waals surface area contributed by atoms with E-state index in [0.29, 0.717) is 18.0 Å². The summed E-state index contributed by atoms with van der Waals surface area (Å²) >= 11 is 0. The molecule has 0 saturated heterocycles. The summed E-state index contributed by atoms with van der Waals surface area (Å²) in [7, 11) is 0. The van der Waals surface area contributed by atoms with Crippen molar-refractivity contribution in [2.24, 2.45) is 5.92 Å². The van der Waals surface area contributed by atoms with E-state index in [-0.39, 0.29) is 5.69 Å². The monoisotopic (exact) mass is 365 g/mol. The smallest absolute Gasteiger partial charge is 0.326 e. The van der Waals surface area contributed by atoms with Gasteiger partial charge < -0.3 is 10.4 Å². The van der Waals surface area contributed by atoms with Crippen molar-refractivity contribution in [3.05, 3.63) is 47.9 Å². The Kier molecular flexibility index (Phi) is 4.31. The molecular weight excluding hydrogens is 346 g/mol. The Hall–Kier alpha value is -3.29. The van der Waals surface area contributed by atoms with Crippen LogP contribution in [0.15, 0.2) is 36.5 Å². The molecule has 8 nitrogen and oxygen atoms in total. The number of carbonyl (C=O) groups excluding carboxylic acids is 1. The molecule has 0 bridgehead atoms. The molecule has 2 aromatic heterocycles. The van der Waals surface area contributed by atoms with E-state index >= 15 is 0 Å². The molecule has 0 radical (unpaired) electrons. The van der Waals surface area contributed by atoms with Crippen molar-refractivity contribution in [2.75, 3.05) is 0 Å². The Bertz CT molecular complexity index is 1020. The van der Waals surface area contributed by atoms with Crippen molar-refractivity contribution in [1.29, 1.82) is 0 Å². The van der Waals surface area contributed by atoms with Crippen LogP contribution < -0.4 is 5.32 Å². The summed E-state index contributed by atoms with van der Waals surface area (Å²) in [5, 5.41) is 20.9. The standard InChI is InChI=1S/C19H19N5O3/c1-11-17(18(25)21-15(19(26)27)10-12-7-8-12)22-23-24(11)16-6-2-5-14-13(16)4-3-9-20-14/h2-6,9,12,15H,7-8,10H2,1H3,(H,21,25)(H,26,27). The number of aliphatic carboxylic acids is 1. The molecule has 4 rings (SSSR count). The lowest BCUT2D eigenvalue weighted by Crippen LogP contribution is -2.41. The third-order valence-corrected chi connectivity index (χ3v) is 4.83. The first-order chi connectivity index (χ1) is 13.0. The van der Waals surface area contributed by atoms with Gasteiger partial charge in [0.25, 0.3) is 5.91 Å². The minimum Gasteiger partial charge on any atom is -0.480 e. The third-order valence-electron chi connectivity index (χ3n) is 4.83. The van der Waals surface area contributed by atoms with Crippen LogP contribution in [0, 0.1) is 12.8 Å². The Morgan fingerprint density at radius 3 is 2.85 bits per heavy atom. The Balaban J connectivity index is 1.63. The van der Waals surface area contributed by atoms with Crippen LogP contribution in [0.3, 0.4) is 0 Å². The average molecular weight is 365 g/mol. The lowest BCUT2D eigenvalue weighted by atomic mass is 10.1. The van der Waals surface area contributed by atoms with Crippen LogP contribution in [-0.2, 0) is 4.79 Å².